The molecule has 0 saturated carbocycles. The summed E-state index contributed by atoms with van der Waals surface area (Å²) in [6.45, 7) is 5.30. The molecule has 1 unspecified atom stereocenters. The van der Waals surface area contributed by atoms with Crippen LogP contribution in [0, 0.1) is 5.92 Å². The number of hydrogen-bond donors (Lipinski definition) is 1. The molecular formula is C19H21F3N4O. The van der Waals surface area contributed by atoms with Crippen molar-refractivity contribution in [1.82, 2.24) is 15.1 Å². The van der Waals surface area contributed by atoms with E-state index in [4.69, 9.17) is 0 Å². The predicted molar refractivity (Wildman–Crippen MR) is 96.4 cm³/mol. The van der Waals surface area contributed by atoms with Crippen molar-refractivity contribution in [1.29, 1.82) is 0 Å². The number of carbonyl (C=O) groups is 1. The first-order chi connectivity index (χ1) is 12.8. The molecule has 8 heteroatoms. The molecular weight excluding hydrogens is 357 g/mol. The largest absolute Gasteiger partial charge is 0.416 e. The Hall–Kier alpha value is -2.77. The van der Waals surface area contributed by atoms with Crippen molar-refractivity contribution in [2.75, 3.05) is 25.0 Å². The highest BCUT2D eigenvalue weighted by Gasteiger charge is 2.31. The quantitative estimate of drug-likeness (QED) is 0.814. The lowest BCUT2D eigenvalue weighted by molar-refractivity contribution is -0.137. The first-order valence-electron chi connectivity index (χ1n) is 8.60. The van der Waals surface area contributed by atoms with Crippen molar-refractivity contribution in [3.05, 3.63) is 59.8 Å². The summed E-state index contributed by atoms with van der Waals surface area (Å²) in [6, 6.07) is 5.37. The van der Waals surface area contributed by atoms with E-state index in [9.17, 15) is 18.0 Å². The van der Waals surface area contributed by atoms with Crippen molar-refractivity contribution < 1.29 is 18.0 Å². The molecule has 1 amide bonds. The zero-order valence-corrected chi connectivity index (χ0v) is 15.0. The Morgan fingerprint density at radius 1 is 1.41 bits per heavy atom. The lowest BCUT2D eigenvalue weighted by Gasteiger charge is -2.33. The van der Waals surface area contributed by atoms with Gasteiger partial charge in [0.15, 0.2) is 0 Å². The Morgan fingerprint density at radius 3 is 2.89 bits per heavy atom. The highest BCUT2D eigenvalue weighted by Crippen LogP contribution is 2.32. The molecule has 2 heterocycles. The summed E-state index contributed by atoms with van der Waals surface area (Å²) in [5.41, 5.74) is 0.826. The van der Waals surface area contributed by atoms with Crippen LogP contribution in [0.2, 0.25) is 0 Å². The number of amides is 1. The van der Waals surface area contributed by atoms with Crippen molar-refractivity contribution in [2.24, 2.45) is 5.92 Å². The predicted octanol–water partition coefficient (Wildman–Crippen LogP) is 2.86. The molecule has 0 bridgehead atoms. The van der Waals surface area contributed by atoms with Gasteiger partial charge in [0.2, 0.25) is 5.91 Å². The zero-order valence-electron chi connectivity index (χ0n) is 15.0. The van der Waals surface area contributed by atoms with Gasteiger partial charge in [-0.05, 0) is 17.7 Å². The number of hydrogen-bond acceptors (Lipinski definition) is 3. The lowest BCUT2D eigenvalue weighted by atomic mass is 10.0. The number of nitrogens with zero attached hydrogens (tertiary/aromatic N) is 3. The molecule has 5 nitrogen and oxygen atoms in total. The summed E-state index contributed by atoms with van der Waals surface area (Å²) >= 11 is 0. The number of alkyl halides is 3. The molecule has 1 atom stereocenters. The van der Waals surface area contributed by atoms with Crippen LogP contribution in [0.1, 0.15) is 16.7 Å². The topological polar surface area (TPSA) is 50.2 Å². The van der Waals surface area contributed by atoms with Gasteiger partial charge in [-0.1, -0.05) is 24.8 Å². The molecule has 0 saturated heterocycles. The van der Waals surface area contributed by atoms with E-state index in [-0.39, 0.29) is 11.8 Å². The second-order valence-electron chi connectivity index (χ2n) is 6.75. The highest BCUT2D eigenvalue weighted by atomic mass is 19.4. The molecule has 0 radical (unpaired) electrons. The van der Waals surface area contributed by atoms with Gasteiger partial charge in [-0.3, -0.25) is 4.79 Å². The third-order valence-electron chi connectivity index (χ3n) is 4.61. The Labute approximate surface area is 155 Å². The normalized spacial score (nSPS) is 16.7. The average Bonchev–Trinajstić information content (AvgIpc) is 3.02. The average molecular weight is 378 g/mol. The molecule has 1 aliphatic heterocycles. The summed E-state index contributed by atoms with van der Waals surface area (Å²) in [5, 5.41) is 7.18. The van der Waals surface area contributed by atoms with Gasteiger partial charge < -0.3 is 10.2 Å². The van der Waals surface area contributed by atoms with Crippen LogP contribution in [0.25, 0.3) is 0 Å². The third-order valence-corrected chi connectivity index (χ3v) is 4.61. The second-order valence-corrected chi connectivity index (χ2v) is 6.75. The summed E-state index contributed by atoms with van der Waals surface area (Å²) in [5.74, 6) is 0.876. The first-order valence-corrected chi connectivity index (χ1v) is 8.60. The minimum Gasteiger partial charge on any atom is -0.359 e. The third kappa shape index (κ3) is 4.32. The number of nitrogens with one attached hydrogen (secondary N) is 1. The maximum absolute atomic E-state index is 12.9. The number of halogens is 3. The second kappa shape index (κ2) is 7.46. The van der Waals surface area contributed by atoms with Crippen LogP contribution in [0.5, 0.6) is 0 Å². The van der Waals surface area contributed by atoms with E-state index in [1.165, 1.54) is 18.2 Å². The Balaban J connectivity index is 1.75. The number of anilines is 1. The molecule has 3 rings (SSSR count). The van der Waals surface area contributed by atoms with Crippen LogP contribution < -0.4 is 10.2 Å². The summed E-state index contributed by atoms with van der Waals surface area (Å²) in [4.78, 5) is 13.4. The van der Waals surface area contributed by atoms with Crippen LogP contribution in [-0.2, 0) is 23.9 Å². The molecule has 2 aromatic rings. The summed E-state index contributed by atoms with van der Waals surface area (Å²) < 4.78 is 40.6. The lowest BCUT2D eigenvalue weighted by Crippen LogP contribution is -2.41. The van der Waals surface area contributed by atoms with Gasteiger partial charge in [0.05, 0.1) is 11.8 Å². The summed E-state index contributed by atoms with van der Waals surface area (Å²) in [6.07, 6.45) is -1.04. The van der Waals surface area contributed by atoms with Gasteiger partial charge in [0, 0.05) is 44.6 Å². The van der Waals surface area contributed by atoms with E-state index in [2.05, 4.69) is 17.0 Å². The minimum absolute atomic E-state index is 0.188. The van der Waals surface area contributed by atoms with Gasteiger partial charge in [-0.25, -0.2) is 4.68 Å². The molecule has 144 valence electrons. The first kappa shape index (κ1) is 19.0. The fourth-order valence-electron chi connectivity index (χ4n) is 3.42. The van der Waals surface area contributed by atoms with Crippen LogP contribution in [0.15, 0.2) is 43.1 Å². The molecule has 1 N–H and O–H groups in total. The van der Waals surface area contributed by atoms with Crippen LogP contribution >= 0.6 is 0 Å². The Bertz CT molecular complexity index is 844. The van der Waals surface area contributed by atoms with Gasteiger partial charge in [0.1, 0.15) is 5.82 Å². The van der Waals surface area contributed by atoms with E-state index < -0.39 is 11.7 Å². The van der Waals surface area contributed by atoms with Crippen molar-refractivity contribution in [3.8, 4) is 0 Å². The number of aromatic nitrogens is 2. The van der Waals surface area contributed by atoms with E-state index in [0.717, 1.165) is 24.0 Å². The fraction of sp³-hybridized carbons (Fsp3) is 0.368. The van der Waals surface area contributed by atoms with Crippen molar-refractivity contribution in [2.45, 2.75) is 19.1 Å². The number of carbonyl (C=O) groups excluding carboxylic acids is 1. The maximum Gasteiger partial charge on any atom is 0.416 e. The maximum atomic E-state index is 12.9. The van der Waals surface area contributed by atoms with E-state index in [1.54, 1.807) is 12.3 Å². The molecule has 0 aliphatic carbocycles. The van der Waals surface area contributed by atoms with E-state index >= 15 is 0 Å². The van der Waals surface area contributed by atoms with E-state index in [0.29, 0.717) is 25.1 Å². The zero-order chi connectivity index (χ0) is 19.6. The van der Waals surface area contributed by atoms with Gasteiger partial charge >= 0.3 is 6.18 Å². The highest BCUT2D eigenvalue weighted by molar-refractivity contribution is 5.86. The van der Waals surface area contributed by atoms with Crippen molar-refractivity contribution in [3.63, 3.8) is 0 Å². The van der Waals surface area contributed by atoms with E-state index in [1.807, 2.05) is 16.6 Å². The van der Waals surface area contributed by atoms with Crippen LogP contribution in [-0.4, -0.2) is 35.8 Å². The number of rotatable bonds is 5. The van der Waals surface area contributed by atoms with Crippen LogP contribution in [0.4, 0.5) is 19.0 Å². The monoisotopic (exact) mass is 378 g/mol. The van der Waals surface area contributed by atoms with Crippen molar-refractivity contribution >= 4 is 11.7 Å². The smallest absolute Gasteiger partial charge is 0.359 e. The van der Waals surface area contributed by atoms with Gasteiger partial charge in [0.25, 0.3) is 0 Å². The fourth-order valence-corrected chi connectivity index (χ4v) is 3.42. The number of fused-ring (bicyclic) bond motifs is 1. The molecule has 27 heavy (non-hydrogen) atoms. The number of benzene rings is 1. The standard InChI is InChI=1S/C19H21F3N4O/c1-3-17(27)23-9-14-11-25(2)18-15(10-24-26(18)12-14)7-13-5-4-6-16(8-13)19(20,21)22/h3-6,8,10,14H,1,7,9,11-12H2,2H3,(H,23,27). The SMILES string of the molecule is C=CC(=O)NCC1CN(C)c2c(Cc3cccc(C(F)(F)F)c3)cnn2C1. The molecule has 1 aliphatic rings. The summed E-state index contributed by atoms with van der Waals surface area (Å²) in [7, 11) is 1.92. The van der Waals surface area contributed by atoms with Gasteiger partial charge in [-0.15, -0.1) is 0 Å². The molecule has 1 aromatic heterocycles. The minimum atomic E-state index is -4.35. The molecule has 1 aromatic carbocycles. The Morgan fingerprint density at radius 2 is 2.19 bits per heavy atom. The molecule has 0 spiro atoms. The van der Waals surface area contributed by atoms with Crippen LogP contribution in [0.3, 0.4) is 0 Å². The molecule has 0 fully saturated rings. The Kier molecular flexibility index (Phi) is 5.25. The van der Waals surface area contributed by atoms with Gasteiger partial charge in [-0.2, -0.15) is 18.3 Å².